The standard InChI is InChI=1S/C18H19NO3S2/c1-11-5-7-13-14(10-11)24-17(16(13)18(21)22-2)19-15(20)8-6-12-4-3-9-23-12/h3-4,6,8-9,11H,5,7,10H2,1-2H3,(H,19,20)/b8-6+. The lowest BCUT2D eigenvalue weighted by Crippen LogP contribution is -2.14. The van der Waals surface area contributed by atoms with Crippen LogP contribution in [0.4, 0.5) is 5.00 Å². The average Bonchev–Trinajstić information content (AvgIpc) is 3.19. The van der Waals surface area contributed by atoms with Crippen molar-refractivity contribution >= 4 is 45.6 Å². The van der Waals surface area contributed by atoms with Crippen molar-refractivity contribution in [2.75, 3.05) is 12.4 Å². The molecule has 1 amide bonds. The van der Waals surface area contributed by atoms with Gasteiger partial charge in [-0.2, -0.15) is 0 Å². The zero-order chi connectivity index (χ0) is 17.1. The second-order valence-corrected chi connectivity index (χ2v) is 7.97. The summed E-state index contributed by atoms with van der Waals surface area (Å²) in [6.07, 6.45) is 6.13. The molecule has 0 spiro atoms. The Bertz CT molecular complexity index is 775. The van der Waals surface area contributed by atoms with E-state index in [1.807, 2.05) is 17.5 Å². The number of rotatable bonds is 4. The number of hydrogen-bond acceptors (Lipinski definition) is 5. The van der Waals surface area contributed by atoms with Gasteiger partial charge in [0.15, 0.2) is 0 Å². The maximum absolute atomic E-state index is 12.2. The zero-order valence-corrected chi connectivity index (χ0v) is 15.3. The van der Waals surface area contributed by atoms with E-state index in [2.05, 4.69) is 12.2 Å². The molecule has 1 N–H and O–H groups in total. The van der Waals surface area contributed by atoms with E-state index < -0.39 is 0 Å². The predicted octanol–water partition coefficient (Wildman–Crippen LogP) is 4.37. The van der Waals surface area contributed by atoms with Crippen LogP contribution in [-0.2, 0) is 22.4 Å². The van der Waals surface area contributed by atoms with Crippen LogP contribution in [0.2, 0.25) is 0 Å². The van der Waals surface area contributed by atoms with Gasteiger partial charge in [0.1, 0.15) is 5.00 Å². The maximum Gasteiger partial charge on any atom is 0.341 e. The minimum absolute atomic E-state index is 0.236. The second kappa shape index (κ2) is 7.32. The number of fused-ring (bicyclic) bond motifs is 1. The molecule has 24 heavy (non-hydrogen) atoms. The first-order valence-corrected chi connectivity index (χ1v) is 9.53. The summed E-state index contributed by atoms with van der Waals surface area (Å²) in [4.78, 5) is 26.6. The van der Waals surface area contributed by atoms with E-state index in [4.69, 9.17) is 4.74 Å². The summed E-state index contributed by atoms with van der Waals surface area (Å²) in [5.41, 5.74) is 1.57. The number of carbonyl (C=O) groups excluding carboxylic acids is 2. The van der Waals surface area contributed by atoms with E-state index in [9.17, 15) is 9.59 Å². The van der Waals surface area contributed by atoms with E-state index in [1.165, 1.54) is 29.4 Å². The van der Waals surface area contributed by atoms with Crippen LogP contribution in [0.1, 0.15) is 39.0 Å². The van der Waals surface area contributed by atoms with Gasteiger partial charge in [0.2, 0.25) is 5.91 Å². The molecule has 0 aromatic carbocycles. The Morgan fingerprint density at radius 2 is 2.25 bits per heavy atom. The number of amides is 1. The molecule has 3 rings (SSSR count). The summed E-state index contributed by atoms with van der Waals surface area (Å²) in [5, 5.41) is 5.42. The molecule has 0 bridgehead atoms. The molecule has 1 aliphatic rings. The first-order valence-electron chi connectivity index (χ1n) is 7.84. The van der Waals surface area contributed by atoms with Crippen LogP contribution in [0.25, 0.3) is 6.08 Å². The van der Waals surface area contributed by atoms with Gasteiger partial charge >= 0.3 is 5.97 Å². The molecule has 0 saturated carbocycles. The predicted molar refractivity (Wildman–Crippen MR) is 98.8 cm³/mol. The number of ether oxygens (including phenoxy) is 1. The van der Waals surface area contributed by atoms with Crippen molar-refractivity contribution in [3.05, 3.63) is 44.5 Å². The molecule has 2 heterocycles. The van der Waals surface area contributed by atoms with Crippen molar-refractivity contribution in [2.45, 2.75) is 26.2 Å². The number of nitrogens with one attached hydrogen (secondary N) is 1. The quantitative estimate of drug-likeness (QED) is 0.650. The molecule has 0 saturated heterocycles. The van der Waals surface area contributed by atoms with Gasteiger partial charge in [0.25, 0.3) is 0 Å². The van der Waals surface area contributed by atoms with Crippen LogP contribution in [-0.4, -0.2) is 19.0 Å². The van der Waals surface area contributed by atoms with Crippen LogP contribution >= 0.6 is 22.7 Å². The second-order valence-electron chi connectivity index (χ2n) is 5.89. The summed E-state index contributed by atoms with van der Waals surface area (Å²) in [5.74, 6) is -0.0105. The zero-order valence-electron chi connectivity index (χ0n) is 13.6. The minimum atomic E-state index is -0.375. The van der Waals surface area contributed by atoms with Crippen molar-refractivity contribution in [2.24, 2.45) is 5.92 Å². The van der Waals surface area contributed by atoms with Gasteiger partial charge < -0.3 is 10.1 Å². The lowest BCUT2D eigenvalue weighted by atomic mass is 9.88. The van der Waals surface area contributed by atoms with Gasteiger partial charge in [-0.15, -0.1) is 22.7 Å². The van der Waals surface area contributed by atoms with Crippen LogP contribution in [0, 0.1) is 5.92 Å². The fourth-order valence-electron chi connectivity index (χ4n) is 2.85. The molecule has 0 aliphatic heterocycles. The minimum Gasteiger partial charge on any atom is -0.465 e. The van der Waals surface area contributed by atoms with Crippen LogP contribution < -0.4 is 5.32 Å². The van der Waals surface area contributed by atoms with E-state index in [0.717, 1.165) is 29.7 Å². The first-order chi connectivity index (χ1) is 11.6. The summed E-state index contributed by atoms with van der Waals surface area (Å²) < 4.78 is 4.93. The molecule has 2 aromatic rings. The van der Waals surface area contributed by atoms with E-state index in [0.29, 0.717) is 16.5 Å². The van der Waals surface area contributed by atoms with E-state index >= 15 is 0 Å². The highest BCUT2D eigenvalue weighted by atomic mass is 32.1. The Labute approximate surface area is 149 Å². The number of methoxy groups -OCH3 is 1. The van der Waals surface area contributed by atoms with Gasteiger partial charge in [-0.05, 0) is 48.3 Å². The molecule has 0 fully saturated rings. The highest BCUT2D eigenvalue weighted by Crippen LogP contribution is 2.40. The molecule has 6 heteroatoms. The summed E-state index contributed by atoms with van der Waals surface area (Å²) in [7, 11) is 1.38. The van der Waals surface area contributed by atoms with Crippen molar-refractivity contribution in [1.82, 2.24) is 0 Å². The van der Waals surface area contributed by atoms with E-state index in [1.54, 1.807) is 17.4 Å². The Balaban J connectivity index is 1.84. The molecular weight excluding hydrogens is 342 g/mol. The highest BCUT2D eigenvalue weighted by Gasteiger charge is 2.28. The number of hydrogen-bond donors (Lipinski definition) is 1. The molecule has 1 unspecified atom stereocenters. The Kier molecular flexibility index (Phi) is 5.16. The normalized spacial score (nSPS) is 16.8. The summed E-state index contributed by atoms with van der Waals surface area (Å²) in [6.45, 7) is 2.21. The monoisotopic (exact) mass is 361 g/mol. The van der Waals surface area contributed by atoms with Gasteiger partial charge in [-0.25, -0.2) is 4.79 Å². The molecule has 1 aliphatic carbocycles. The summed E-state index contributed by atoms with van der Waals surface area (Å²) in [6, 6.07) is 3.88. The van der Waals surface area contributed by atoms with Crippen molar-refractivity contribution < 1.29 is 14.3 Å². The van der Waals surface area contributed by atoms with Crippen molar-refractivity contribution in [3.63, 3.8) is 0 Å². The number of anilines is 1. The molecule has 1 atom stereocenters. The third kappa shape index (κ3) is 3.60. The summed E-state index contributed by atoms with van der Waals surface area (Å²) >= 11 is 3.06. The third-order valence-corrected chi connectivity index (χ3v) is 6.09. The Morgan fingerprint density at radius 3 is 2.96 bits per heavy atom. The van der Waals surface area contributed by atoms with Crippen LogP contribution in [0.15, 0.2) is 23.6 Å². The molecular formula is C18H19NO3S2. The van der Waals surface area contributed by atoms with Gasteiger partial charge in [0.05, 0.1) is 12.7 Å². The highest BCUT2D eigenvalue weighted by molar-refractivity contribution is 7.17. The number of esters is 1. The first kappa shape index (κ1) is 16.9. The third-order valence-electron chi connectivity index (χ3n) is 4.08. The molecule has 126 valence electrons. The smallest absolute Gasteiger partial charge is 0.341 e. The Morgan fingerprint density at radius 1 is 1.42 bits per heavy atom. The van der Waals surface area contributed by atoms with E-state index in [-0.39, 0.29) is 11.9 Å². The number of thiophene rings is 2. The van der Waals surface area contributed by atoms with Crippen LogP contribution in [0.5, 0.6) is 0 Å². The molecule has 0 radical (unpaired) electrons. The average molecular weight is 361 g/mol. The number of carbonyl (C=O) groups is 2. The lowest BCUT2D eigenvalue weighted by molar-refractivity contribution is -0.111. The van der Waals surface area contributed by atoms with Crippen molar-refractivity contribution in [1.29, 1.82) is 0 Å². The molecule has 4 nitrogen and oxygen atoms in total. The maximum atomic E-state index is 12.2. The SMILES string of the molecule is COC(=O)c1c(NC(=O)/C=C/c2cccs2)sc2c1CCC(C)C2. The van der Waals surface area contributed by atoms with Gasteiger partial charge in [0, 0.05) is 15.8 Å². The van der Waals surface area contributed by atoms with Gasteiger partial charge in [-0.3, -0.25) is 4.79 Å². The molecule has 2 aromatic heterocycles. The van der Waals surface area contributed by atoms with Crippen LogP contribution in [0.3, 0.4) is 0 Å². The topological polar surface area (TPSA) is 55.4 Å². The van der Waals surface area contributed by atoms with Gasteiger partial charge in [-0.1, -0.05) is 13.0 Å². The fraction of sp³-hybridized carbons (Fsp3) is 0.333. The van der Waals surface area contributed by atoms with Crippen molar-refractivity contribution in [3.8, 4) is 0 Å². The largest absolute Gasteiger partial charge is 0.465 e. The Hall–Kier alpha value is -1.92. The fourth-order valence-corrected chi connectivity index (χ4v) is 4.87. The lowest BCUT2D eigenvalue weighted by Gasteiger charge is -2.18.